The van der Waals surface area contributed by atoms with Crippen LogP contribution in [-0.2, 0) is 12.8 Å². The minimum absolute atomic E-state index is 0. The normalized spacial score (nSPS) is 13.5. The van der Waals surface area contributed by atoms with Gasteiger partial charge in [-0.2, -0.15) is 5.10 Å². The highest BCUT2D eigenvalue weighted by molar-refractivity contribution is 5.98. The summed E-state index contributed by atoms with van der Waals surface area (Å²) >= 11 is 0. The standard InChI is InChI=1S/C21H19N5O.ClH/c1-11-6-7-14(10-16(11)27)18-17-19(22)23-20(24-21(17)26-25-18)15-8-12-4-2-3-5-13(12)9-15;/h2-7,10,15,27H,8-9H2,1H3,(H3,22,23,24,25,26);1H. The van der Waals surface area contributed by atoms with E-state index in [0.717, 1.165) is 29.8 Å². The average molecular weight is 394 g/mol. The molecule has 4 aromatic rings. The largest absolute Gasteiger partial charge is 0.508 e. The Kier molecular flexibility index (Phi) is 4.43. The molecule has 2 aromatic carbocycles. The third-order valence-corrected chi connectivity index (χ3v) is 5.36. The summed E-state index contributed by atoms with van der Waals surface area (Å²) in [5.41, 5.74) is 11.9. The molecule has 0 saturated heterocycles. The number of anilines is 1. The summed E-state index contributed by atoms with van der Waals surface area (Å²) in [5, 5.41) is 18.1. The second kappa shape index (κ2) is 6.80. The molecule has 1 aliphatic carbocycles. The number of H-pyrrole nitrogens is 1. The molecule has 5 rings (SSSR count). The number of phenols is 1. The molecule has 6 nitrogen and oxygen atoms in total. The molecule has 0 atom stereocenters. The first-order valence-electron chi connectivity index (χ1n) is 8.98. The van der Waals surface area contributed by atoms with Gasteiger partial charge in [0.25, 0.3) is 0 Å². The number of aromatic amines is 1. The molecular formula is C21H20ClN5O. The Labute approximate surface area is 168 Å². The van der Waals surface area contributed by atoms with Crippen LogP contribution in [0.25, 0.3) is 22.3 Å². The number of rotatable bonds is 2. The number of phenolic OH excluding ortho intramolecular Hbond substituents is 1. The Hall–Kier alpha value is -3.12. The van der Waals surface area contributed by atoms with E-state index in [4.69, 9.17) is 10.7 Å². The number of nitrogens with two attached hydrogens (primary N) is 1. The number of halogens is 1. The Morgan fingerprint density at radius 2 is 1.79 bits per heavy atom. The van der Waals surface area contributed by atoms with Gasteiger partial charge in [0.15, 0.2) is 5.65 Å². The van der Waals surface area contributed by atoms with Gasteiger partial charge in [0.2, 0.25) is 0 Å². The van der Waals surface area contributed by atoms with Gasteiger partial charge in [0.05, 0.1) is 5.39 Å². The van der Waals surface area contributed by atoms with Crippen LogP contribution in [0.15, 0.2) is 42.5 Å². The first-order chi connectivity index (χ1) is 13.1. The van der Waals surface area contributed by atoms with Gasteiger partial charge in [-0.15, -0.1) is 12.4 Å². The van der Waals surface area contributed by atoms with E-state index >= 15 is 0 Å². The van der Waals surface area contributed by atoms with Crippen molar-refractivity contribution in [1.82, 2.24) is 20.2 Å². The predicted molar refractivity (Wildman–Crippen MR) is 112 cm³/mol. The summed E-state index contributed by atoms with van der Waals surface area (Å²) < 4.78 is 0. The number of fused-ring (bicyclic) bond motifs is 2. The fraction of sp³-hybridized carbons (Fsp3) is 0.190. The van der Waals surface area contributed by atoms with E-state index in [1.807, 2.05) is 19.1 Å². The molecule has 0 bridgehead atoms. The van der Waals surface area contributed by atoms with Crippen molar-refractivity contribution in [1.29, 1.82) is 0 Å². The molecule has 0 amide bonds. The van der Waals surface area contributed by atoms with Gasteiger partial charge in [-0.3, -0.25) is 5.10 Å². The number of nitrogen functional groups attached to an aromatic ring is 1. The number of aromatic nitrogens is 4. The molecule has 1 aliphatic rings. The lowest BCUT2D eigenvalue weighted by Gasteiger charge is -2.09. The first kappa shape index (κ1) is 18.3. The Morgan fingerprint density at radius 1 is 1.07 bits per heavy atom. The molecule has 2 aromatic heterocycles. The molecule has 4 N–H and O–H groups in total. The summed E-state index contributed by atoms with van der Waals surface area (Å²) in [6.45, 7) is 1.85. The van der Waals surface area contributed by atoms with Crippen LogP contribution in [0.3, 0.4) is 0 Å². The van der Waals surface area contributed by atoms with Crippen LogP contribution in [0, 0.1) is 6.92 Å². The highest BCUT2D eigenvalue weighted by Gasteiger charge is 2.26. The third-order valence-electron chi connectivity index (χ3n) is 5.36. The van der Waals surface area contributed by atoms with E-state index in [9.17, 15) is 5.11 Å². The second-order valence-corrected chi connectivity index (χ2v) is 7.14. The third kappa shape index (κ3) is 2.86. The fourth-order valence-corrected chi connectivity index (χ4v) is 3.86. The number of hydrogen-bond donors (Lipinski definition) is 3. The molecule has 142 valence electrons. The van der Waals surface area contributed by atoms with Crippen LogP contribution in [0.1, 0.15) is 28.4 Å². The van der Waals surface area contributed by atoms with Crippen molar-refractivity contribution in [2.24, 2.45) is 0 Å². The molecule has 0 spiro atoms. The molecule has 0 fully saturated rings. The zero-order valence-corrected chi connectivity index (χ0v) is 16.1. The number of aryl methyl sites for hydroxylation is 1. The topological polar surface area (TPSA) is 101 Å². The number of benzene rings is 2. The minimum atomic E-state index is 0. The van der Waals surface area contributed by atoms with Gasteiger partial charge in [-0.05, 0) is 42.5 Å². The number of nitrogens with one attached hydrogen (secondary N) is 1. The van der Waals surface area contributed by atoms with Gasteiger partial charge < -0.3 is 10.8 Å². The van der Waals surface area contributed by atoms with Gasteiger partial charge >= 0.3 is 0 Å². The molecule has 0 radical (unpaired) electrons. The number of hydrogen-bond acceptors (Lipinski definition) is 5. The van der Waals surface area contributed by atoms with Gasteiger partial charge in [0, 0.05) is 11.5 Å². The monoisotopic (exact) mass is 393 g/mol. The number of nitrogens with zero attached hydrogens (tertiary/aromatic N) is 3. The first-order valence-corrected chi connectivity index (χ1v) is 8.98. The maximum absolute atomic E-state index is 10.0. The van der Waals surface area contributed by atoms with Crippen LogP contribution in [0.2, 0.25) is 0 Å². The van der Waals surface area contributed by atoms with Crippen LogP contribution in [0.4, 0.5) is 5.82 Å². The Morgan fingerprint density at radius 3 is 2.46 bits per heavy atom. The van der Waals surface area contributed by atoms with E-state index < -0.39 is 0 Å². The molecule has 2 heterocycles. The van der Waals surface area contributed by atoms with Crippen molar-refractivity contribution in [2.45, 2.75) is 25.7 Å². The lowest BCUT2D eigenvalue weighted by molar-refractivity contribution is 0.471. The number of aromatic hydroxyl groups is 1. The van der Waals surface area contributed by atoms with E-state index in [0.29, 0.717) is 22.5 Å². The van der Waals surface area contributed by atoms with Crippen molar-refractivity contribution in [3.05, 3.63) is 65.0 Å². The van der Waals surface area contributed by atoms with Crippen molar-refractivity contribution in [2.75, 3.05) is 5.73 Å². The van der Waals surface area contributed by atoms with Crippen molar-refractivity contribution in [3.8, 4) is 17.0 Å². The highest BCUT2D eigenvalue weighted by Crippen LogP contribution is 2.36. The summed E-state index contributed by atoms with van der Waals surface area (Å²) in [7, 11) is 0. The van der Waals surface area contributed by atoms with Crippen molar-refractivity contribution >= 4 is 29.3 Å². The summed E-state index contributed by atoms with van der Waals surface area (Å²) in [5.74, 6) is 1.61. The Balaban J connectivity index is 0.00000192. The SMILES string of the molecule is Cc1ccc(-c2n[nH]c3nc(C4Cc5ccccc5C4)nc(N)c23)cc1O.Cl. The van der Waals surface area contributed by atoms with Gasteiger partial charge in [0.1, 0.15) is 23.1 Å². The van der Waals surface area contributed by atoms with E-state index in [2.05, 4.69) is 39.4 Å². The molecule has 7 heteroatoms. The average Bonchev–Trinajstić information content (AvgIpc) is 3.28. The quantitative estimate of drug-likeness (QED) is 0.479. The van der Waals surface area contributed by atoms with Crippen molar-refractivity contribution in [3.63, 3.8) is 0 Å². The Bertz CT molecular complexity index is 1160. The zero-order chi connectivity index (χ0) is 18.5. The molecular weight excluding hydrogens is 374 g/mol. The van der Waals surface area contributed by atoms with Crippen LogP contribution >= 0.6 is 12.4 Å². The summed E-state index contributed by atoms with van der Waals surface area (Å²) in [4.78, 5) is 9.32. The summed E-state index contributed by atoms with van der Waals surface area (Å²) in [6, 6.07) is 13.9. The van der Waals surface area contributed by atoms with Gasteiger partial charge in [-0.25, -0.2) is 9.97 Å². The van der Waals surface area contributed by atoms with Crippen LogP contribution in [-0.4, -0.2) is 25.3 Å². The molecule has 0 aliphatic heterocycles. The smallest absolute Gasteiger partial charge is 0.161 e. The lowest BCUT2D eigenvalue weighted by Crippen LogP contribution is -2.07. The maximum Gasteiger partial charge on any atom is 0.161 e. The lowest BCUT2D eigenvalue weighted by atomic mass is 10.0. The van der Waals surface area contributed by atoms with E-state index in [-0.39, 0.29) is 24.1 Å². The zero-order valence-electron chi connectivity index (χ0n) is 15.3. The highest BCUT2D eigenvalue weighted by atomic mass is 35.5. The van der Waals surface area contributed by atoms with E-state index in [1.165, 1.54) is 11.1 Å². The molecule has 0 saturated carbocycles. The summed E-state index contributed by atoms with van der Waals surface area (Å²) in [6.07, 6.45) is 1.85. The molecule has 28 heavy (non-hydrogen) atoms. The predicted octanol–water partition coefficient (Wildman–Crippen LogP) is 3.92. The maximum atomic E-state index is 10.0. The minimum Gasteiger partial charge on any atom is -0.508 e. The second-order valence-electron chi connectivity index (χ2n) is 7.14. The van der Waals surface area contributed by atoms with Crippen LogP contribution in [0.5, 0.6) is 5.75 Å². The van der Waals surface area contributed by atoms with Crippen LogP contribution < -0.4 is 5.73 Å². The van der Waals surface area contributed by atoms with Gasteiger partial charge in [-0.1, -0.05) is 36.4 Å². The van der Waals surface area contributed by atoms with E-state index in [1.54, 1.807) is 6.07 Å². The van der Waals surface area contributed by atoms with Crippen molar-refractivity contribution < 1.29 is 5.11 Å². The molecule has 0 unspecified atom stereocenters. The fourth-order valence-electron chi connectivity index (χ4n) is 3.86.